The Morgan fingerprint density at radius 1 is 1.24 bits per heavy atom. The lowest BCUT2D eigenvalue weighted by atomic mass is 10.1. The fraction of sp³-hybridized carbons (Fsp3) is 0.588. The predicted molar refractivity (Wildman–Crippen MR) is 83.3 cm³/mol. The standard InChI is InChI=1S/C17H24N2O2/c1-18(15-8-11-21-12-9-15)13-14-4-6-16(7-5-14)19-10-2-3-17(19)20/h4-7,15H,2-3,8-13H2,1H3. The van der Waals surface area contributed by atoms with E-state index in [1.54, 1.807) is 0 Å². The topological polar surface area (TPSA) is 32.8 Å². The molecule has 1 amide bonds. The number of nitrogens with zero attached hydrogens (tertiary/aromatic N) is 2. The highest BCUT2D eigenvalue weighted by Gasteiger charge is 2.22. The molecule has 1 aromatic carbocycles. The van der Waals surface area contributed by atoms with Crippen molar-refractivity contribution in [2.45, 2.75) is 38.3 Å². The van der Waals surface area contributed by atoms with Gasteiger partial charge in [-0.1, -0.05) is 12.1 Å². The summed E-state index contributed by atoms with van der Waals surface area (Å²) in [5.74, 6) is 0.252. The summed E-state index contributed by atoms with van der Waals surface area (Å²) in [6, 6.07) is 9.08. The molecule has 21 heavy (non-hydrogen) atoms. The van der Waals surface area contributed by atoms with Crippen LogP contribution in [0.5, 0.6) is 0 Å². The number of carbonyl (C=O) groups is 1. The average molecular weight is 288 g/mol. The Hall–Kier alpha value is -1.39. The van der Waals surface area contributed by atoms with E-state index in [0.29, 0.717) is 12.5 Å². The van der Waals surface area contributed by atoms with E-state index < -0.39 is 0 Å². The third-order valence-electron chi connectivity index (χ3n) is 4.57. The summed E-state index contributed by atoms with van der Waals surface area (Å²) in [4.78, 5) is 16.1. The molecular weight excluding hydrogens is 264 g/mol. The van der Waals surface area contributed by atoms with Crippen LogP contribution in [0.25, 0.3) is 0 Å². The normalized spacial score (nSPS) is 20.5. The maximum absolute atomic E-state index is 11.7. The Morgan fingerprint density at radius 2 is 1.95 bits per heavy atom. The van der Waals surface area contributed by atoms with Gasteiger partial charge in [0.1, 0.15) is 0 Å². The first kappa shape index (κ1) is 14.5. The molecule has 2 saturated heterocycles. The van der Waals surface area contributed by atoms with Crippen molar-refractivity contribution in [3.63, 3.8) is 0 Å². The van der Waals surface area contributed by atoms with Gasteiger partial charge in [0, 0.05) is 44.5 Å². The van der Waals surface area contributed by atoms with Crippen LogP contribution in [0, 0.1) is 0 Å². The van der Waals surface area contributed by atoms with Gasteiger partial charge in [-0.25, -0.2) is 0 Å². The van der Waals surface area contributed by atoms with Crippen LogP contribution in [0.1, 0.15) is 31.2 Å². The van der Waals surface area contributed by atoms with Crippen LogP contribution < -0.4 is 4.90 Å². The lowest BCUT2D eigenvalue weighted by molar-refractivity contribution is -0.117. The molecule has 0 spiro atoms. The first-order chi connectivity index (χ1) is 10.2. The molecular formula is C17H24N2O2. The number of hydrogen-bond donors (Lipinski definition) is 0. The van der Waals surface area contributed by atoms with Crippen LogP contribution in [0.4, 0.5) is 5.69 Å². The Bertz CT molecular complexity index is 480. The highest BCUT2D eigenvalue weighted by molar-refractivity contribution is 5.95. The molecule has 0 bridgehead atoms. The molecule has 1 aromatic rings. The molecule has 0 saturated carbocycles. The summed E-state index contributed by atoms with van der Waals surface area (Å²) in [6.07, 6.45) is 3.91. The third kappa shape index (κ3) is 3.44. The van der Waals surface area contributed by atoms with E-state index >= 15 is 0 Å². The van der Waals surface area contributed by atoms with Crippen molar-refractivity contribution in [1.29, 1.82) is 0 Å². The van der Waals surface area contributed by atoms with E-state index in [9.17, 15) is 4.79 Å². The second-order valence-electron chi connectivity index (χ2n) is 6.07. The van der Waals surface area contributed by atoms with Gasteiger partial charge in [-0.15, -0.1) is 0 Å². The fourth-order valence-corrected chi connectivity index (χ4v) is 3.25. The molecule has 0 unspecified atom stereocenters. The summed E-state index contributed by atoms with van der Waals surface area (Å²) in [6.45, 7) is 3.58. The van der Waals surface area contributed by atoms with Crippen LogP contribution in [0.3, 0.4) is 0 Å². The zero-order valence-corrected chi connectivity index (χ0v) is 12.8. The van der Waals surface area contributed by atoms with Crippen molar-refractivity contribution in [3.8, 4) is 0 Å². The zero-order chi connectivity index (χ0) is 14.7. The summed E-state index contributed by atoms with van der Waals surface area (Å²) < 4.78 is 5.42. The quantitative estimate of drug-likeness (QED) is 0.853. The molecule has 4 nitrogen and oxygen atoms in total. The number of rotatable bonds is 4. The van der Waals surface area contributed by atoms with Gasteiger partial charge in [0.05, 0.1) is 0 Å². The van der Waals surface area contributed by atoms with Crippen molar-refractivity contribution in [2.24, 2.45) is 0 Å². The van der Waals surface area contributed by atoms with Gasteiger partial charge >= 0.3 is 0 Å². The molecule has 3 rings (SSSR count). The van der Waals surface area contributed by atoms with E-state index in [1.165, 1.54) is 5.56 Å². The second kappa shape index (κ2) is 6.58. The summed E-state index contributed by atoms with van der Waals surface area (Å²) in [7, 11) is 2.19. The zero-order valence-electron chi connectivity index (χ0n) is 12.8. The lowest BCUT2D eigenvalue weighted by Crippen LogP contribution is -2.36. The van der Waals surface area contributed by atoms with Gasteiger partial charge in [-0.3, -0.25) is 9.69 Å². The van der Waals surface area contributed by atoms with Gasteiger partial charge in [-0.05, 0) is 44.0 Å². The predicted octanol–water partition coefficient (Wildman–Crippen LogP) is 2.42. The molecule has 0 aliphatic carbocycles. The third-order valence-corrected chi connectivity index (χ3v) is 4.57. The van der Waals surface area contributed by atoms with Crippen molar-refractivity contribution in [3.05, 3.63) is 29.8 Å². The summed E-state index contributed by atoms with van der Waals surface area (Å²) in [5.41, 5.74) is 2.34. The van der Waals surface area contributed by atoms with Crippen molar-refractivity contribution < 1.29 is 9.53 Å². The first-order valence-electron chi connectivity index (χ1n) is 7.91. The second-order valence-corrected chi connectivity index (χ2v) is 6.07. The van der Waals surface area contributed by atoms with E-state index in [4.69, 9.17) is 4.74 Å². The Balaban J connectivity index is 1.60. The molecule has 0 atom stereocenters. The maximum atomic E-state index is 11.7. The minimum absolute atomic E-state index is 0.252. The minimum atomic E-state index is 0.252. The average Bonchev–Trinajstić information content (AvgIpc) is 2.95. The molecule has 2 heterocycles. The molecule has 0 N–H and O–H groups in total. The number of ether oxygens (including phenoxy) is 1. The smallest absolute Gasteiger partial charge is 0.227 e. The van der Waals surface area contributed by atoms with E-state index in [-0.39, 0.29) is 5.91 Å². The number of benzene rings is 1. The SMILES string of the molecule is CN(Cc1ccc(N2CCCC2=O)cc1)C1CCOCC1. The molecule has 2 aliphatic rings. The number of amides is 1. The minimum Gasteiger partial charge on any atom is -0.381 e. The van der Waals surface area contributed by atoms with Crippen LogP contribution >= 0.6 is 0 Å². The molecule has 4 heteroatoms. The van der Waals surface area contributed by atoms with Crippen molar-refractivity contribution in [2.75, 3.05) is 31.7 Å². The molecule has 114 valence electrons. The van der Waals surface area contributed by atoms with E-state index in [2.05, 4.69) is 36.2 Å². The molecule has 0 radical (unpaired) electrons. The summed E-state index contributed by atoms with van der Waals surface area (Å²) in [5, 5.41) is 0. The Kier molecular flexibility index (Phi) is 4.56. The summed E-state index contributed by atoms with van der Waals surface area (Å²) >= 11 is 0. The van der Waals surface area contributed by atoms with Crippen LogP contribution in [-0.2, 0) is 16.1 Å². The van der Waals surface area contributed by atoms with Crippen LogP contribution in [0.15, 0.2) is 24.3 Å². The maximum Gasteiger partial charge on any atom is 0.227 e. The molecule has 0 aromatic heterocycles. The number of anilines is 1. The van der Waals surface area contributed by atoms with Crippen LogP contribution in [-0.4, -0.2) is 43.7 Å². The first-order valence-corrected chi connectivity index (χ1v) is 7.91. The van der Waals surface area contributed by atoms with Crippen LogP contribution in [0.2, 0.25) is 0 Å². The van der Waals surface area contributed by atoms with E-state index in [0.717, 1.165) is 51.3 Å². The Morgan fingerprint density at radius 3 is 2.57 bits per heavy atom. The van der Waals surface area contributed by atoms with Crippen molar-refractivity contribution in [1.82, 2.24) is 4.90 Å². The number of hydrogen-bond acceptors (Lipinski definition) is 3. The highest BCUT2D eigenvalue weighted by Crippen LogP contribution is 2.22. The molecule has 2 fully saturated rings. The van der Waals surface area contributed by atoms with Gasteiger partial charge in [0.2, 0.25) is 5.91 Å². The largest absolute Gasteiger partial charge is 0.381 e. The van der Waals surface area contributed by atoms with E-state index in [1.807, 2.05) is 4.90 Å². The van der Waals surface area contributed by atoms with Gasteiger partial charge in [0.15, 0.2) is 0 Å². The fourth-order valence-electron chi connectivity index (χ4n) is 3.25. The Labute approximate surface area is 126 Å². The van der Waals surface area contributed by atoms with Gasteiger partial charge < -0.3 is 9.64 Å². The van der Waals surface area contributed by atoms with Gasteiger partial charge in [-0.2, -0.15) is 0 Å². The highest BCUT2D eigenvalue weighted by atomic mass is 16.5. The molecule has 2 aliphatic heterocycles. The number of carbonyl (C=O) groups excluding carboxylic acids is 1. The van der Waals surface area contributed by atoms with Gasteiger partial charge in [0.25, 0.3) is 0 Å². The van der Waals surface area contributed by atoms with Crippen molar-refractivity contribution >= 4 is 11.6 Å². The monoisotopic (exact) mass is 288 g/mol. The lowest BCUT2D eigenvalue weighted by Gasteiger charge is -2.31.